The average molecular weight is 402 g/mol. The van der Waals surface area contributed by atoms with Gasteiger partial charge in [0.1, 0.15) is 11.8 Å². The molecule has 1 aliphatic rings. The standard InChI is InChI=1S/C22H22N6O2/c1-30-18-12-5-3-9-15(18)19-26-20-14-8-2-4-10-16(14)24-22(28(20)27-19)25-17-11-6-7-13-23-21(17)29/h2-5,8-10,12,17H,6-7,11,13H2,1H3,(H,23,29)(H,24,25)/t17-/m0/s1. The van der Waals surface area contributed by atoms with Crippen LogP contribution in [0, 0.1) is 0 Å². The Morgan fingerprint density at radius 1 is 1.10 bits per heavy atom. The maximum absolute atomic E-state index is 12.5. The van der Waals surface area contributed by atoms with Gasteiger partial charge in [0.05, 0.1) is 18.2 Å². The predicted molar refractivity (Wildman–Crippen MR) is 115 cm³/mol. The Balaban J connectivity index is 1.67. The molecular weight excluding hydrogens is 380 g/mol. The van der Waals surface area contributed by atoms with Crippen LogP contribution >= 0.6 is 0 Å². The number of hydrogen-bond acceptors (Lipinski definition) is 6. The van der Waals surface area contributed by atoms with Gasteiger partial charge in [0.2, 0.25) is 11.9 Å². The van der Waals surface area contributed by atoms with Crippen LogP contribution in [-0.2, 0) is 4.79 Å². The monoisotopic (exact) mass is 402 g/mol. The first-order chi connectivity index (χ1) is 14.7. The Morgan fingerprint density at radius 2 is 1.93 bits per heavy atom. The van der Waals surface area contributed by atoms with Crippen LogP contribution in [-0.4, -0.2) is 45.2 Å². The van der Waals surface area contributed by atoms with Gasteiger partial charge in [-0.25, -0.2) is 9.97 Å². The highest BCUT2D eigenvalue weighted by Crippen LogP contribution is 2.30. The van der Waals surface area contributed by atoms with E-state index in [1.807, 2.05) is 48.5 Å². The number of nitrogens with one attached hydrogen (secondary N) is 2. The van der Waals surface area contributed by atoms with E-state index < -0.39 is 0 Å². The van der Waals surface area contributed by atoms with Crippen LogP contribution in [0.5, 0.6) is 5.75 Å². The topological polar surface area (TPSA) is 93.4 Å². The molecule has 1 aliphatic heterocycles. The lowest BCUT2D eigenvalue weighted by Gasteiger charge is -2.16. The van der Waals surface area contributed by atoms with E-state index in [9.17, 15) is 4.79 Å². The Hall–Kier alpha value is -3.68. The number of hydrogen-bond donors (Lipinski definition) is 2. The normalized spacial score (nSPS) is 17.0. The van der Waals surface area contributed by atoms with Gasteiger partial charge in [0.15, 0.2) is 11.5 Å². The second kappa shape index (κ2) is 7.62. The van der Waals surface area contributed by atoms with Crippen molar-refractivity contribution in [1.29, 1.82) is 0 Å². The molecule has 0 radical (unpaired) electrons. The maximum Gasteiger partial charge on any atom is 0.242 e. The lowest BCUT2D eigenvalue weighted by atomic mass is 10.1. The number of anilines is 1. The number of methoxy groups -OCH3 is 1. The number of amides is 1. The van der Waals surface area contributed by atoms with Crippen molar-refractivity contribution in [2.45, 2.75) is 25.3 Å². The summed E-state index contributed by atoms with van der Waals surface area (Å²) >= 11 is 0. The van der Waals surface area contributed by atoms with Crippen LogP contribution in [0.4, 0.5) is 5.95 Å². The molecule has 152 valence electrons. The molecule has 5 rings (SSSR count). The van der Waals surface area contributed by atoms with Crippen molar-refractivity contribution in [3.63, 3.8) is 0 Å². The minimum absolute atomic E-state index is 0.0133. The van der Waals surface area contributed by atoms with Crippen molar-refractivity contribution < 1.29 is 9.53 Å². The van der Waals surface area contributed by atoms with Gasteiger partial charge in [-0.2, -0.15) is 4.52 Å². The van der Waals surface area contributed by atoms with Crippen molar-refractivity contribution in [2.75, 3.05) is 19.0 Å². The van der Waals surface area contributed by atoms with Crippen LogP contribution in [0.1, 0.15) is 19.3 Å². The molecule has 0 bridgehead atoms. The minimum Gasteiger partial charge on any atom is -0.496 e. The van der Waals surface area contributed by atoms with E-state index in [-0.39, 0.29) is 11.9 Å². The third kappa shape index (κ3) is 3.20. The molecule has 1 fully saturated rings. The third-order valence-corrected chi connectivity index (χ3v) is 5.37. The van der Waals surface area contributed by atoms with Gasteiger partial charge in [-0.1, -0.05) is 24.3 Å². The summed E-state index contributed by atoms with van der Waals surface area (Å²) in [7, 11) is 1.63. The molecule has 2 aromatic heterocycles. The summed E-state index contributed by atoms with van der Waals surface area (Å²) in [5.41, 5.74) is 2.27. The molecule has 2 aromatic carbocycles. The number of carbonyl (C=O) groups excluding carboxylic acids is 1. The molecule has 8 nitrogen and oxygen atoms in total. The summed E-state index contributed by atoms with van der Waals surface area (Å²) < 4.78 is 7.17. The zero-order chi connectivity index (χ0) is 20.5. The second-order valence-corrected chi connectivity index (χ2v) is 7.31. The Kier molecular flexibility index (Phi) is 4.66. The maximum atomic E-state index is 12.5. The molecule has 0 spiro atoms. The van der Waals surface area contributed by atoms with Gasteiger partial charge in [0, 0.05) is 11.9 Å². The summed E-state index contributed by atoms with van der Waals surface area (Å²) in [5, 5.41) is 11.9. The molecule has 1 atom stereocenters. The second-order valence-electron chi connectivity index (χ2n) is 7.31. The molecule has 3 heterocycles. The zero-order valence-electron chi connectivity index (χ0n) is 16.6. The summed E-state index contributed by atoms with van der Waals surface area (Å²) in [4.78, 5) is 22.0. The molecule has 1 amide bonds. The van der Waals surface area contributed by atoms with Gasteiger partial charge in [-0.3, -0.25) is 4.79 Å². The van der Waals surface area contributed by atoms with Crippen molar-refractivity contribution in [3.8, 4) is 17.1 Å². The smallest absolute Gasteiger partial charge is 0.242 e. The molecule has 30 heavy (non-hydrogen) atoms. The first-order valence-corrected chi connectivity index (χ1v) is 10.1. The third-order valence-electron chi connectivity index (χ3n) is 5.37. The fraction of sp³-hybridized carbons (Fsp3) is 0.273. The van der Waals surface area contributed by atoms with E-state index in [1.54, 1.807) is 11.6 Å². The van der Waals surface area contributed by atoms with Gasteiger partial charge >= 0.3 is 0 Å². The lowest BCUT2D eigenvalue weighted by molar-refractivity contribution is -0.121. The molecule has 4 aromatic rings. The van der Waals surface area contributed by atoms with Crippen molar-refractivity contribution in [2.24, 2.45) is 0 Å². The fourth-order valence-electron chi connectivity index (χ4n) is 3.83. The van der Waals surface area contributed by atoms with E-state index in [2.05, 4.69) is 10.6 Å². The number of para-hydroxylation sites is 2. The number of aromatic nitrogens is 4. The highest BCUT2D eigenvalue weighted by atomic mass is 16.5. The van der Waals surface area contributed by atoms with E-state index in [4.69, 9.17) is 19.8 Å². The van der Waals surface area contributed by atoms with Crippen LogP contribution in [0.25, 0.3) is 27.9 Å². The summed E-state index contributed by atoms with van der Waals surface area (Å²) in [6.07, 6.45) is 2.69. The summed E-state index contributed by atoms with van der Waals surface area (Å²) in [6.45, 7) is 0.707. The van der Waals surface area contributed by atoms with E-state index in [0.29, 0.717) is 29.7 Å². The van der Waals surface area contributed by atoms with Crippen LogP contribution < -0.4 is 15.4 Å². The number of carbonyl (C=O) groups is 1. The van der Waals surface area contributed by atoms with Gasteiger partial charge < -0.3 is 15.4 Å². The van der Waals surface area contributed by atoms with Crippen LogP contribution in [0.2, 0.25) is 0 Å². The van der Waals surface area contributed by atoms with Gasteiger partial charge in [-0.15, -0.1) is 5.10 Å². The highest BCUT2D eigenvalue weighted by Gasteiger charge is 2.23. The van der Waals surface area contributed by atoms with E-state index in [1.165, 1.54) is 0 Å². The van der Waals surface area contributed by atoms with E-state index >= 15 is 0 Å². The molecule has 0 saturated carbocycles. The Morgan fingerprint density at radius 3 is 2.83 bits per heavy atom. The number of nitrogens with zero attached hydrogens (tertiary/aromatic N) is 4. The van der Waals surface area contributed by atoms with E-state index in [0.717, 1.165) is 35.7 Å². The number of ether oxygens (including phenoxy) is 1. The summed E-state index contributed by atoms with van der Waals surface area (Å²) in [5.74, 6) is 1.72. The lowest BCUT2D eigenvalue weighted by Crippen LogP contribution is -2.38. The van der Waals surface area contributed by atoms with Crippen molar-refractivity contribution in [3.05, 3.63) is 48.5 Å². The first-order valence-electron chi connectivity index (χ1n) is 10.1. The minimum atomic E-state index is -0.358. The molecule has 0 aliphatic carbocycles. The number of rotatable bonds is 4. The average Bonchev–Trinajstić information content (AvgIpc) is 3.14. The van der Waals surface area contributed by atoms with Gasteiger partial charge in [0.25, 0.3) is 0 Å². The molecule has 2 N–H and O–H groups in total. The highest BCUT2D eigenvalue weighted by molar-refractivity contribution is 5.93. The first kappa shape index (κ1) is 18.4. The SMILES string of the molecule is COc1ccccc1-c1nc2c3ccccc3nc(N[C@H]3CCCCNC3=O)n2n1. The molecule has 1 saturated heterocycles. The molecule has 8 heteroatoms. The number of benzene rings is 2. The van der Waals surface area contributed by atoms with Crippen LogP contribution in [0.15, 0.2) is 48.5 Å². The van der Waals surface area contributed by atoms with Gasteiger partial charge in [-0.05, 0) is 43.5 Å². The Bertz CT molecular complexity index is 1230. The quantitative estimate of drug-likeness (QED) is 0.545. The zero-order valence-corrected chi connectivity index (χ0v) is 16.6. The summed E-state index contributed by atoms with van der Waals surface area (Å²) in [6, 6.07) is 15.1. The van der Waals surface area contributed by atoms with Crippen molar-refractivity contribution >= 4 is 28.4 Å². The largest absolute Gasteiger partial charge is 0.496 e. The van der Waals surface area contributed by atoms with Crippen LogP contribution in [0.3, 0.4) is 0 Å². The number of fused-ring (bicyclic) bond motifs is 3. The molecule has 0 unspecified atom stereocenters. The van der Waals surface area contributed by atoms with Crippen molar-refractivity contribution in [1.82, 2.24) is 24.9 Å². The molecular formula is C22H22N6O2. The Labute approximate surface area is 173 Å². The predicted octanol–water partition coefficient (Wildman–Crippen LogP) is 3.03. The fourth-order valence-corrected chi connectivity index (χ4v) is 3.83.